The second-order valence-electron chi connectivity index (χ2n) is 2.99. The molecule has 0 spiro atoms. The summed E-state index contributed by atoms with van der Waals surface area (Å²) >= 11 is 0. The fourth-order valence-electron chi connectivity index (χ4n) is 1.01. The summed E-state index contributed by atoms with van der Waals surface area (Å²) in [6.07, 6.45) is 0.747. The third-order valence-corrected chi connectivity index (χ3v) is 2.09. The molecular formula is C7H8N2O7S-2. The highest BCUT2D eigenvalue weighted by molar-refractivity contribution is 7.86. The monoisotopic (exact) mass is 264 g/mol. The Morgan fingerprint density at radius 2 is 1.88 bits per heavy atom. The minimum Gasteiger partial charge on any atom is -0.769 e. The smallest absolute Gasteiger partial charge is 0.306 e. The lowest BCUT2D eigenvalue weighted by Gasteiger charge is -2.37. The van der Waals surface area contributed by atoms with Gasteiger partial charge in [-0.05, 0) is 18.2 Å². The van der Waals surface area contributed by atoms with E-state index in [1.165, 1.54) is 0 Å². The molecule has 0 aromatic heterocycles. The Balaban J connectivity index is 3.22. The first-order valence-corrected chi connectivity index (χ1v) is 5.88. The molecule has 0 aliphatic heterocycles. The second-order valence-corrected chi connectivity index (χ2v) is 4.56. The Morgan fingerprint density at radius 3 is 2.29 bits per heavy atom. The molecule has 0 fully saturated rings. The summed E-state index contributed by atoms with van der Waals surface area (Å²) in [7, 11) is -3.89. The van der Waals surface area contributed by atoms with E-state index in [-0.39, 0.29) is 0 Å². The van der Waals surface area contributed by atoms with Crippen molar-refractivity contribution in [3.05, 3.63) is 28.6 Å². The van der Waals surface area contributed by atoms with Gasteiger partial charge in [-0.3, -0.25) is 10.4 Å². The van der Waals surface area contributed by atoms with Crippen molar-refractivity contribution in [3.63, 3.8) is 0 Å². The average Bonchev–Trinajstić information content (AvgIpc) is 2.14. The Hall–Kier alpha value is -1.59. The quantitative estimate of drug-likeness (QED) is 0.585. The highest BCUT2D eigenvalue weighted by atomic mass is 32.2. The zero-order valence-electron chi connectivity index (χ0n) is 8.47. The van der Waals surface area contributed by atoms with Gasteiger partial charge in [0.15, 0.2) is 5.75 Å². The Bertz CT molecular complexity index is 499. The maximum absolute atomic E-state index is 10.9. The van der Waals surface area contributed by atoms with Crippen molar-refractivity contribution in [2.24, 2.45) is 0 Å². The van der Waals surface area contributed by atoms with Gasteiger partial charge < -0.3 is 19.8 Å². The van der Waals surface area contributed by atoms with Crippen molar-refractivity contribution >= 4 is 21.5 Å². The van der Waals surface area contributed by atoms with Crippen LogP contribution in [0.3, 0.4) is 0 Å². The number of anilines is 2. The summed E-state index contributed by atoms with van der Waals surface area (Å²) in [6, 6.07) is 2.65. The number of benzene rings is 1. The summed E-state index contributed by atoms with van der Waals surface area (Å²) in [5.41, 5.74) is -1.02. The molecule has 96 valence electrons. The van der Waals surface area contributed by atoms with Crippen LogP contribution in [0.25, 0.3) is 0 Å². The molecule has 0 bridgehead atoms. The van der Waals surface area contributed by atoms with Crippen LogP contribution in [-0.2, 0) is 10.1 Å². The zero-order valence-corrected chi connectivity index (χ0v) is 9.29. The predicted octanol–water partition coefficient (Wildman–Crippen LogP) is 0.412. The van der Waals surface area contributed by atoms with Crippen molar-refractivity contribution in [1.82, 2.24) is 0 Å². The molecule has 1 aromatic rings. The molecule has 0 saturated carbocycles. The Kier molecular flexibility index (Phi) is 3.75. The topological polar surface area (TPSA) is 136 Å². The normalized spacial score (nSPS) is 11.1. The first-order chi connectivity index (χ1) is 7.70. The molecule has 0 aliphatic carbocycles. The van der Waals surface area contributed by atoms with Crippen LogP contribution in [0.5, 0.6) is 5.75 Å². The molecule has 0 heterocycles. The minimum absolute atomic E-state index is 0.442. The van der Waals surface area contributed by atoms with Crippen LogP contribution >= 0.6 is 0 Å². The van der Waals surface area contributed by atoms with E-state index in [0.29, 0.717) is 0 Å². The van der Waals surface area contributed by atoms with E-state index in [1.54, 1.807) is 0 Å². The fourth-order valence-corrected chi connectivity index (χ4v) is 1.48. The van der Waals surface area contributed by atoms with E-state index in [0.717, 1.165) is 24.5 Å². The Morgan fingerprint density at radius 1 is 1.29 bits per heavy atom. The minimum atomic E-state index is -3.89. The third kappa shape index (κ3) is 3.72. The summed E-state index contributed by atoms with van der Waals surface area (Å²) < 4.78 is 26.1. The number of nitrogens with zero attached hydrogens (tertiary/aromatic N) is 2. The molecule has 10 heteroatoms. The molecule has 0 unspecified atom stereocenters. The standard InChI is InChI=1S/C7H8N2O7S/c1-17(14,15)16-7-3-2-5(8(10)11)4-6(7)9(12)13/h2-4,12-13H,1H3/q-2. The van der Waals surface area contributed by atoms with Crippen LogP contribution in [0.2, 0.25) is 0 Å². The summed E-state index contributed by atoms with van der Waals surface area (Å²) in [6.45, 7) is 0. The van der Waals surface area contributed by atoms with Crippen LogP contribution in [0, 0.1) is 10.4 Å². The maximum Gasteiger partial charge on any atom is 0.306 e. The molecule has 0 saturated heterocycles. The van der Waals surface area contributed by atoms with E-state index in [4.69, 9.17) is 10.4 Å². The van der Waals surface area contributed by atoms with Crippen LogP contribution in [0.4, 0.5) is 11.4 Å². The highest BCUT2D eigenvalue weighted by Gasteiger charge is 2.14. The number of rotatable bonds is 4. The van der Waals surface area contributed by atoms with Crippen molar-refractivity contribution in [3.8, 4) is 5.75 Å². The summed E-state index contributed by atoms with van der Waals surface area (Å²) in [5.74, 6) is -0.442. The predicted molar refractivity (Wildman–Crippen MR) is 57.2 cm³/mol. The lowest BCUT2D eigenvalue weighted by atomic mass is 10.2. The van der Waals surface area contributed by atoms with E-state index in [1.807, 2.05) is 0 Å². The summed E-state index contributed by atoms with van der Waals surface area (Å²) in [4.78, 5) is 0. The van der Waals surface area contributed by atoms with Gasteiger partial charge in [0, 0.05) is 5.69 Å². The van der Waals surface area contributed by atoms with Gasteiger partial charge in [0.05, 0.1) is 6.26 Å². The van der Waals surface area contributed by atoms with Crippen molar-refractivity contribution in [2.75, 3.05) is 16.7 Å². The molecule has 1 aromatic carbocycles. The summed E-state index contributed by atoms with van der Waals surface area (Å²) in [5, 5.41) is 37.2. The van der Waals surface area contributed by atoms with Gasteiger partial charge in [0.2, 0.25) is 0 Å². The molecule has 0 amide bonds. The number of hydrogen-bond donors (Lipinski definition) is 2. The van der Waals surface area contributed by atoms with E-state index < -0.39 is 37.7 Å². The van der Waals surface area contributed by atoms with Crippen molar-refractivity contribution in [2.45, 2.75) is 0 Å². The first kappa shape index (κ1) is 13.5. The van der Waals surface area contributed by atoms with Crippen LogP contribution < -0.4 is 14.6 Å². The van der Waals surface area contributed by atoms with E-state index >= 15 is 0 Å². The maximum atomic E-state index is 10.9. The molecular weight excluding hydrogens is 256 g/mol. The lowest BCUT2D eigenvalue weighted by molar-refractivity contribution is 0.0285. The van der Waals surface area contributed by atoms with Gasteiger partial charge in [-0.25, -0.2) is 0 Å². The third-order valence-electron chi connectivity index (χ3n) is 1.61. The molecule has 2 N–H and O–H groups in total. The molecule has 0 aliphatic rings. The van der Waals surface area contributed by atoms with Crippen molar-refractivity contribution in [1.29, 1.82) is 0 Å². The first-order valence-electron chi connectivity index (χ1n) is 4.06. The SMILES string of the molecule is CS(=O)(=O)Oc1ccc(N([O-])[O-])cc1N(O)O. The van der Waals surface area contributed by atoms with Crippen LogP contribution in [-0.4, -0.2) is 25.1 Å². The fraction of sp³-hybridized carbons (Fsp3) is 0.143. The molecule has 0 radical (unpaired) electrons. The van der Waals surface area contributed by atoms with E-state index in [2.05, 4.69) is 4.18 Å². The van der Waals surface area contributed by atoms with Gasteiger partial charge >= 0.3 is 10.1 Å². The molecule has 1 rings (SSSR count). The largest absolute Gasteiger partial charge is 0.769 e. The lowest BCUT2D eigenvalue weighted by Crippen LogP contribution is -2.15. The number of hydrogen-bond acceptors (Lipinski definition) is 9. The van der Waals surface area contributed by atoms with Gasteiger partial charge in [0.25, 0.3) is 0 Å². The Labute approximate surface area is 96.3 Å². The van der Waals surface area contributed by atoms with Gasteiger partial charge in [-0.2, -0.15) is 8.42 Å². The molecule has 17 heavy (non-hydrogen) atoms. The molecule has 9 nitrogen and oxygen atoms in total. The van der Waals surface area contributed by atoms with Crippen molar-refractivity contribution < 1.29 is 23.0 Å². The molecule has 0 atom stereocenters. The average molecular weight is 264 g/mol. The van der Waals surface area contributed by atoms with Gasteiger partial charge in [-0.15, -0.1) is 5.23 Å². The van der Waals surface area contributed by atoms with Gasteiger partial charge in [0.1, 0.15) is 5.69 Å². The highest BCUT2D eigenvalue weighted by Crippen LogP contribution is 2.31. The second kappa shape index (κ2) is 4.73. The van der Waals surface area contributed by atoms with Crippen LogP contribution in [0.1, 0.15) is 0 Å². The van der Waals surface area contributed by atoms with Gasteiger partial charge in [-0.1, -0.05) is 0 Å². The zero-order chi connectivity index (χ0) is 13.2. The van der Waals surface area contributed by atoms with Crippen LogP contribution in [0.15, 0.2) is 18.2 Å². The van der Waals surface area contributed by atoms with E-state index in [9.17, 15) is 18.8 Å².